The number of aliphatic carboxylic acids is 1. The summed E-state index contributed by atoms with van der Waals surface area (Å²) in [5.74, 6) is -0.552. The standard InChI is InChI=1S/C11H12N4O2/c1-2-8-3-5-9(6-4-8)11-12-14-15(13-11)7-10(16)17/h3-6H,2,7H2,1H3,(H,16,17). The molecule has 0 bridgehead atoms. The third-order valence-electron chi connectivity index (χ3n) is 2.35. The highest BCUT2D eigenvalue weighted by molar-refractivity contribution is 5.66. The molecule has 0 unspecified atom stereocenters. The van der Waals surface area contributed by atoms with Gasteiger partial charge in [0, 0.05) is 5.56 Å². The van der Waals surface area contributed by atoms with Crippen LogP contribution in [0.3, 0.4) is 0 Å². The number of rotatable bonds is 4. The second-order valence-electron chi connectivity index (χ2n) is 3.59. The van der Waals surface area contributed by atoms with Crippen LogP contribution in [0, 0.1) is 0 Å². The van der Waals surface area contributed by atoms with E-state index in [-0.39, 0.29) is 6.54 Å². The predicted molar refractivity (Wildman–Crippen MR) is 60.3 cm³/mol. The van der Waals surface area contributed by atoms with E-state index < -0.39 is 5.97 Å². The van der Waals surface area contributed by atoms with Gasteiger partial charge in [-0.05, 0) is 17.2 Å². The molecule has 6 heteroatoms. The van der Waals surface area contributed by atoms with Crippen LogP contribution in [0.4, 0.5) is 0 Å². The molecular formula is C11H12N4O2. The second kappa shape index (κ2) is 4.73. The van der Waals surface area contributed by atoms with Crippen molar-refractivity contribution in [2.24, 2.45) is 0 Å². The molecule has 0 aliphatic rings. The lowest BCUT2D eigenvalue weighted by molar-refractivity contribution is -0.138. The smallest absolute Gasteiger partial charge is 0.327 e. The summed E-state index contributed by atoms with van der Waals surface area (Å²) in [6.07, 6.45) is 0.972. The fourth-order valence-electron chi connectivity index (χ4n) is 1.44. The summed E-state index contributed by atoms with van der Waals surface area (Å²) in [6.45, 7) is 1.80. The Morgan fingerprint density at radius 1 is 1.35 bits per heavy atom. The monoisotopic (exact) mass is 232 g/mol. The largest absolute Gasteiger partial charge is 0.480 e. The molecular weight excluding hydrogens is 220 g/mol. The van der Waals surface area contributed by atoms with Crippen molar-refractivity contribution in [2.75, 3.05) is 0 Å². The lowest BCUT2D eigenvalue weighted by atomic mass is 10.1. The molecule has 1 aromatic heterocycles. The highest BCUT2D eigenvalue weighted by Crippen LogP contribution is 2.14. The summed E-state index contributed by atoms with van der Waals surface area (Å²) in [5, 5.41) is 20.1. The van der Waals surface area contributed by atoms with E-state index in [2.05, 4.69) is 22.3 Å². The van der Waals surface area contributed by atoms with Crippen molar-refractivity contribution in [2.45, 2.75) is 19.9 Å². The molecule has 0 aliphatic heterocycles. The molecule has 0 amide bonds. The summed E-state index contributed by atoms with van der Waals surface area (Å²) < 4.78 is 0. The van der Waals surface area contributed by atoms with Crippen LogP contribution in [0.5, 0.6) is 0 Å². The zero-order chi connectivity index (χ0) is 12.3. The van der Waals surface area contributed by atoms with Gasteiger partial charge in [0.2, 0.25) is 5.82 Å². The Morgan fingerprint density at radius 3 is 2.65 bits per heavy atom. The van der Waals surface area contributed by atoms with E-state index in [1.54, 1.807) is 0 Å². The van der Waals surface area contributed by atoms with Gasteiger partial charge >= 0.3 is 5.97 Å². The SMILES string of the molecule is CCc1ccc(-c2nnn(CC(=O)O)n2)cc1. The average Bonchev–Trinajstić information content (AvgIpc) is 2.77. The van der Waals surface area contributed by atoms with Crippen molar-refractivity contribution in [3.05, 3.63) is 29.8 Å². The topological polar surface area (TPSA) is 80.9 Å². The third-order valence-corrected chi connectivity index (χ3v) is 2.35. The molecule has 2 aromatic rings. The van der Waals surface area contributed by atoms with Gasteiger partial charge in [-0.3, -0.25) is 4.79 Å². The minimum absolute atomic E-state index is 0.278. The lowest BCUT2D eigenvalue weighted by Gasteiger charge is -1.97. The Bertz CT molecular complexity index is 519. The summed E-state index contributed by atoms with van der Waals surface area (Å²) in [5.41, 5.74) is 2.06. The van der Waals surface area contributed by atoms with E-state index in [1.807, 2.05) is 24.3 Å². The number of tetrazole rings is 1. The normalized spacial score (nSPS) is 10.4. The van der Waals surface area contributed by atoms with Crippen molar-refractivity contribution in [1.29, 1.82) is 0 Å². The molecule has 88 valence electrons. The molecule has 0 fully saturated rings. The van der Waals surface area contributed by atoms with Crippen molar-refractivity contribution in [1.82, 2.24) is 20.2 Å². The van der Waals surface area contributed by atoms with Crippen LogP contribution < -0.4 is 0 Å². The number of aryl methyl sites for hydroxylation is 1. The maximum atomic E-state index is 10.5. The quantitative estimate of drug-likeness (QED) is 0.850. The summed E-state index contributed by atoms with van der Waals surface area (Å²) in [4.78, 5) is 11.5. The minimum Gasteiger partial charge on any atom is -0.480 e. The second-order valence-corrected chi connectivity index (χ2v) is 3.59. The first-order valence-electron chi connectivity index (χ1n) is 5.28. The van der Waals surface area contributed by atoms with Crippen LogP contribution in [0.25, 0.3) is 11.4 Å². The first-order valence-corrected chi connectivity index (χ1v) is 5.28. The number of aromatic nitrogens is 4. The van der Waals surface area contributed by atoms with E-state index >= 15 is 0 Å². The van der Waals surface area contributed by atoms with Crippen molar-refractivity contribution in [3.63, 3.8) is 0 Å². The molecule has 0 saturated carbocycles. The predicted octanol–water partition coefficient (Wildman–Crippen LogP) is 0.987. The molecule has 0 saturated heterocycles. The number of carbonyl (C=O) groups is 1. The molecule has 1 N–H and O–H groups in total. The van der Waals surface area contributed by atoms with Crippen LogP contribution in [0.2, 0.25) is 0 Å². The fourth-order valence-corrected chi connectivity index (χ4v) is 1.44. The summed E-state index contributed by atoms with van der Waals surface area (Å²) in [7, 11) is 0. The van der Waals surface area contributed by atoms with E-state index in [0.717, 1.165) is 16.8 Å². The Hall–Kier alpha value is -2.24. The number of carboxylic acids is 1. The van der Waals surface area contributed by atoms with E-state index in [9.17, 15) is 4.79 Å². The molecule has 0 radical (unpaired) electrons. The van der Waals surface area contributed by atoms with Gasteiger partial charge in [-0.2, -0.15) is 4.80 Å². The van der Waals surface area contributed by atoms with Crippen LogP contribution >= 0.6 is 0 Å². The van der Waals surface area contributed by atoms with Gasteiger partial charge in [0.05, 0.1) is 0 Å². The first-order chi connectivity index (χ1) is 8.19. The summed E-state index contributed by atoms with van der Waals surface area (Å²) >= 11 is 0. The molecule has 0 atom stereocenters. The highest BCUT2D eigenvalue weighted by Gasteiger charge is 2.07. The van der Waals surface area contributed by atoms with E-state index in [0.29, 0.717) is 5.82 Å². The number of carboxylic acid groups (broad SMARTS) is 1. The number of hydrogen-bond acceptors (Lipinski definition) is 4. The fraction of sp³-hybridized carbons (Fsp3) is 0.273. The molecule has 1 aromatic carbocycles. The maximum Gasteiger partial charge on any atom is 0.327 e. The number of hydrogen-bond donors (Lipinski definition) is 1. The molecule has 6 nitrogen and oxygen atoms in total. The van der Waals surface area contributed by atoms with Gasteiger partial charge in [-0.1, -0.05) is 31.2 Å². The van der Waals surface area contributed by atoms with E-state index in [1.165, 1.54) is 5.56 Å². The Balaban J connectivity index is 2.21. The Labute approximate surface area is 97.9 Å². The van der Waals surface area contributed by atoms with Crippen molar-refractivity contribution in [3.8, 4) is 11.4 Å². The maximum absolute atomic E-state index is 10.5. The van der Waals surface area contributed by atoms with Crippen LogP contribution in [0.15, 0.2) is 24.3 Å². The van der Waals surface area contributed by atoms with Gasteiger partial charge in [-0.15, -0.1) is 10.2 Å². The first kappa shape index (κ1) is 11.3. The van der Waals surface area contributed by atoms with Gasteiger partial charge in [0.1, 0.15) is 0 Å². The van der Waals surface area contributed by atoms with Crippen LogP contribution in [-0.2, 0) is 17.8 Å². The van der Waals surface area contributed by atoms with Gasteiger partial charge in [0.25, 0.3) is 0 Å². The summed E-state index contributed by atoms with van der Waals surface area (Å²) in [6, 6.07) is 7.79. The molecule has 0 aliphatic carbocycles. The Kier molecular flexibility index (Phi) is 3.13. The van der Waals surface area contributed by atoms with E-state index in [4.69, 9.17) is 5.11 Å². The molecule has 1 heterocycles. The lowest BCUT2D eigenvalue weighted by Crippen LogP contribution is -2.11. The van der Waals surface area contributed by atoms with Crippen LogP contribution in [0.1, 0.15) is 12.5 Å². The van der Waals surface area contributed by atoms with Crippen LogP contribution in [-0.4, -0.2) is 31.3 Å². The van der Waals surface area contributed by atoms with Gasteiger partial charge in [0.15, 0.2) is 6.54 Å². The zero-order valence-corrected chi connectivity index (χ0v) is 9.37. The molecule has 2 rings (SSSR count). The zero-order valence-electron chi connectivity index (χ0n) is 9.37. The number of nitrogens with zero attached hydrogens (tertiary/aromatic N) is 4. The minimum atomic E-state index is -0.990. The highest BCUT2D eigenvalue weighted by atomic mass is 16.4. The average molecular weight is 232 g/mol. The van der Waals surface area contributed by atoms with Gasteiger partial charge in [-0.25, -0.2) is 0 Å². The van der Waals surface area contributed by atoms with Crippen molar-refractivity contribution < 1.29 is 9.90 Å². The van der Waals surface area contributed by atoms with Gasteiger partial charge < -0.3 is 5.11 Å². The molecule has 17 heavy (non-hydrogen) atoms. The third kappa shape index (κ3) is 2.66. The molecule has 0 spiro atoms. The Morgan fingerprint density at radius 2 is 2.06 bits per heavy atom. The van der Waals surface area contributed by atoms with Crippen molar-refractivity contribution >= 4 is 5.97 Å². The number of benzene rings is 1.